The van der Waals surface area contributed by atoms with Crippen LogP contribution in [0.3, 0.4) is 0 Å². The van der Waals surface area contributed by atoms with Gasteiger partial charge in [0.25, 0.3) is 5.91 Å². The van der Waals surface area contributed by atoms with E-state index in [2.05, 4.69) is 15.2 Å². The maximum Gasteiger partial charge on any atom is 0.268 e. The van der Waals surface area contributed by atoms with Crippen molar-refractivity contribution in [3.8, 4) is 0 Å². The fraction of sp³-hybridized carbons (Fsp3) is 0.250. The van der Waals surface area contributed by atoms with Crippen LogP contribution in [-0.2, 0) is 0 Å². The van der Waals surface area contributed by atoms with Crippen molar-refractivity contribution in [3.05, 3.63) is 62.5 Å². The Labute approximate surface area is 143 Å². The number of rotatable bonds is 3. The molecule has 1 atom stereocenters. The molecule has 23 heavy (non-hydrogen) atoms. The Kier molecular flexibility index (Phi) is 4.59. The fourth-order valence-corrected chi connectivity index (χ4v) is 3.21. The number of nitrogens with one attached hydrogen (secondary N) is 2. The van der Waals surface area contributed by atoms with E-state index < -0.39 is 0 Å². The lowest BCUT2D eigenvalue weighted by Gasteiger charge is -2.20. The highest BCUT2D eigenvalue weighted by Crippen LogP contribution is 2.31. The highest BCUT2D eigenvalue weighted by Gasteiger charge is 2.25. The first-order valence-corrected chi connectivity index (χ1v) is 7.99. The summed E-state index contributed by atoms with van der Waals surface area (Å²) < 4.78 is 0. The van der Waals surface area contributed by atoms with Gasteiger partial charge in [0, 0.05) is 30.2 Å². The maximum absolute atomic E-state index is 12.2. The summed E-state index contributed by atoms with van der Waals surface area (Å²) in [7, 11) is 0. The zero-order valence-corrected chi connectivity index (χ0v) is 13.7. The smallest absolute Gasteiger partial charge is 0.268 e. The van der Waals surface area contributed by atoms with Crippen molar-refractivity contribution in [2.75, 3.05) is 18.0 Å². The van der Waals surface area contributed by atoms with Crippen LogP contribution in [0.15, 0.2) is 41.2 Å². The van der Waals surface area contributed by atoms with Crippen molar-refractivity contribution in [2.45, 2.75) is 12.5 Å². The third-order valence-corrected chi connectivity index (χ3v) is 4.32. The van der Waals surface area contributed by atoms with Gasteiger partial charge in [-0.05, 0) is 30.7 Å². The number of halogens is 2. The third-order valence-electron chi connectivity index (χ3n) is 3.79. The zero-order valence-electron chi connectivity index (χ0n) is 12.2. The first-order valence-electron chi connectivity index (χ1n) is 7.23. The number of nitrogens with zero attached hydrogens (tertiary/aromatic N) is 1. The van der Waals surface area contributed by atoms with E-state index in [4.69, 9.17) is 23.2 Å². The van der Waals surface area contributed by atoms with Crippen LogP contribution in [0.1, 0.15) is 16.9 Å². The van der Waals surface area contributed by atoms with Gasteiger partial charge in [0.1, 0.15) is 5.69 Å². The summed E-state index contributed by atoms with van der Waals surface area (Å²) in [6.07, 6.45) is 0.807. The van der Waals surface area contributed by atoms with Gasteiger partial charge in [0.05, 0.1) is 10.7 Å². The van der Waals surface area contributed by atoms with Crippen molar-refractivity contribution in [2.24, 2.45) is 0 Å². The molecule has 5 nitrogen and oxygen atoms in total. The highest BCUT2D eigenvalue weighted by molar-refractivity contribution is 6.36. The molecule has 2 aromatic rings. The number of pyridine rings is 1. The topological polar surface area (TPSA) is 65.2 Å². The lowest BCUT2D eigenvalue weighted by atomic mass is 10.2. The fourth-order valence-electron chi connectivity index (χ4n) is 2.68. The summed E-state index contributed by atoms with van der Waals surface area (Å²) in [6.45, 7) is 1.45. The van der Waals surface area contributed by atoms with Crippen LogP contribution in [0.5, 0.6) is 0 Å². The quantitative estimate of drug-likeness (QED) is 0.893. The molecule has 0 aliphatic carbocycles. The molecular formula is C16H15Cl2N3O2. The summed E-state index contributed by atoms with van der Waals surface area (Å²) >= 11 is 12.1. The Morgan fingerprint density at radius 3 is 2.83 bits per heavy atom. The number of hydrogen-bond donors (Lipinski definition) is 2. The van der Waals surface area contributed by atoms with Crippen molar-refractivity contribution < 1.29 is 4.79 Å². The van der Waals surface area contributed by atoms with E-state index in [0.29, 0.717) is 16.6 Å². The molecule has 2 heterocycles. The number of carbonyl (C=O) groups excluding carboxylic acids is 1. The van der Waals surface area contributed by atoms with E-state index in [1.807, 2.05) is 6.07 Å². The second kappa shape index (κ2) is 6.64. The van der Waals surface area contributed by atoms with Crippen LogP contribution >= 0.6 is 23.2 Å². The molecule has 0 spiro atoms. The van der Waals surface area contributed by atoms with Crippen LogP contribution in [0.25, 0.3) is 0 Å². The number of benzene rings is 1. The Morgan fingerprint density at radius 1 is 1.26 bits per heavy atom. The van der Waals surface area contributed by atoms with Crippen LogP contribution in [0.4, 0.5) is 5.69 Å². The number of H-pyrrole nitrogens is 1. The predicted octanol–water partition coefficient (Wildman–Crippen LogP) is 2.69. The van der Waals surface area contributed by atoms with Crippen molar-refractivity contribution in [3.63, 3.8) is 0 Å². The van der Waals surface area contributed by atoms with Gasteiger partial charge in [-0.15, -0.1) is 0 Å². The van der Waals surface area contributed by atoms with Gasteiger partial charge in [0.2, 0.25) is 5.56 Å². The van der Waals surface area contributed by atoms with Gasteiger partial charge in [-0.3, -0.25) is 9.59 Å². The van der Waals surface area contributed by atoms with E-state index in [-0.39, 0.29) is 23.2 Å². The number of aromatic amines is 1. The first kappa shape index (κ1) is 15.9. The molecule has 120 valence electrons. The van der Waals surface area contributed by atoms with E-state index >= 15 is 0 Å². The van der Waals surface area contributed by atoms with Gasteiger partial charge in [-0.25, -0.2) is 0 Å². The van der Waals surface area contributed by atoms with Crippen LogP contribution in [0.2, 0.25) is 10.0 Å². The third kappa shape index (κ3) is 3.68. The second-order valence-electron chi connectivity index (χ2n) is 5.43. The first-order chi connectivity index (χ1) is 11.0. The summed E-state index contributed by atoms with van der Waals surface area (Å²) in [5.41, 5.74) is 0.875. The minimum Gasteiger partial charge on any atom is -0.368 e. The number of amides is 1. The van der Waals surface area contributed by atoms with Crippen LogP contribution in [-0.4, -0.2) is 30.0 Å². The lowest BCUT2D eigenvalue weighted by molar-refractivity contribution is 0.0935. The average Bonchev–Trinajstić information content (AvgIpc) is 2.95. The minimum atomic E-state index is -0.293. The van der Waals surface area contributed by atoms with Crippen molar-refractivity contribution >= 4 is 34.8 Å². The predicted molar refractivity (Wildman–Crippen MR) is 91.6 cm³/mol. The normalized spacial score (nSPS) is 17.3. The van der Waals surface area contributed by atoms with Gasteiger partial charge < -0.3 is 15.2 Å². The van der Waals surface area contributed by atoms with Crippen molar-refractivity contribution in [1.29, 1.82) is 0 Å². The lowest BCUT2D eigenvalue weighted by Crippen LogP contribution is -2.38. The Hall–Kier alpha value is -1.98. The Balaban J connectivity index is 1.66. The SMILES string of the molecule is O=C(NC1CCN(c2ccc(Cl)cc2Cl)C1)c1cccc(=O)[nH]1. The van der Waals surface area contributed by atoms with E-state index in [1.165, 1.54) is 6.07 Å². The number of carbonyl (C=O) groups is 1. The maximum atomic E-state index is 12.2. The molecule has 2 N–H and O–H groups in total. The standard InChI is InChI=1S/C16H15Cl2N3O2/c17-10-4-5-14(12(18)8-10)21-7-6-11(9-21)19-16(23)13-2-1-3-15(22)20-13/h1-5,8,11H,6-7,9H2,(H,19,23)(H,20,22). The summed E-state index contributed by atoms with van der Waals surface area (Å²) in [5, 5.41) is 4.12. The van der Waals surface area contributed by atoms with Crippen LogP contribution in [0, 0.1) is 0 Å². The minimum absolute atomic E-state index is 0.00190. The van der Waals surface area contributed by atoms with E-state index in [9.17, 15) is 9.59 Å². The molecule has 0 saturated carbocycles. The average molecular weight is 352 g/mol. The van der Waals surface area contributed by atoms with Crippen LogP contribution < -0.4 is 15.8 Å². The van der Waals surface area contributed by atoms with E-state index in [1.54, 1.807) is 24.3 Å². The molecule has 1 aliphatic heterocycles. The van der Waals surface area contributed by atoms with Gasteiger partial charge in [0.15, 0.2) is 0 Å². The van der Waals surface area contributed by atoms with Gasteiger partial charge in [-0.2, -0.15) is 0 Å². The molecular weight excluding hydrogens is 337 g/mol. The second-order valence-corrected chi connectivity index (χ2v) is 6.27. The molecule has 1 fully saturated rings. The molecule has 1 saturated heterocycles. The molecule has 1 aromatic heterocycles. The summed E-state index contributed by atoms with van der Waals surface area (Å²) in [5.74, 6) is -0.281. The largest absolute Gasteiger partial charge is 0.368 e. The number of aromatic nitrogens is 1. The molecule has 1 unspecified atom stereocenters. The Morgan fingerprint density at radius 2 is 2.09 bits per heavy atom. The number of hydrogen-bond acceptors (Lipinski definition) is 3. The molecule has 3 rings (SSSR count). The highest BCUT2D eigenvalue weighted by atomic mass is 35.5. The molecule has 7 heteroatoms. The number of anilines is 1. The molecule has 1 aromatic carbocycles. The molecule has 1 amide bonds. The van der Waals surface area contributed by atoms with E-state index in [0.717, 1.165) is 18.7 Å². The summed E-state index contributed by atoms with van der Waals surface area (Å²) in [6, 6.07) is 9.89. The molecule has 0 radical (unpaired) electrons. The van der Waals surface area contributed by atoms with Gasteiger partial charge in [-0.1, -0.05) is 29.3 Å². The zero-order chi connectivity index (χ0) is 16.4. The monoisotopic (exact) mass is 351 g/mol. The summed E-state index contributed by atoms with van der Waals surface area (Å²) in [4.78, 5) is 28.1. The van der Waals surface area contributed by atoms with Crippen molar-refractivity contribution in [1.82, 2.24) is 10.3 Å². The Bertz CT molecular complexity index is 791. The molecule has 1 aliphatic rings. The molecule has 0 bridgehead atoms. The van der Waals surface area contributed by atoms with Gasteiger partial charge >= 0.3 is 0 Å².